The van der Waals surface area contributed by atoms with E-state index in [2.05, 4.69) is 15.2 Å². The Balaban J connectivity index is 1.45. The molecular weight excluding hydrogens is 418 g/mol. The van der Waals surface area contributed by atoms with Crippen LogP contribution in [-0.4, -0.2) is 24.1 Å². The van der Waals surface area contributed by atoms with Crippen LogP contribution in [0.2, 0.25) is 5.02 Å². The minimum atomic E-state index is -0.0733. The molecule has 0 radical (unpaired) electrons. The third-order valence-electron chi connectivity index (χ3n) is 4.00. The topological polar surface area (TPSA) is 74.3 Å². The fourth-order valence-corrected chi connectivity index (χ4v) is 4.41. The third kappa shape index (κ3) is 4.06. The maximum atomic E-state index is 12.1. The zero-order chi connectivity index (χ0) is 19.5. The average Bonchev–Trinajstić information content (AvgIpc) is 3.32. The minimum absolute atomic E-state index is 0.0733. The van der Waals surface area contributed by atoms with E-state index >= 15 is 0 Å². The van der Waals surface area contributed by atoms with Crippen LogP contribution in [0.15, 0.2) is 51.9 Å². The Labute approximate surface area is 174 Å². The molecule has 0 aliphatic rings. The molecular formula is C18H16ClN5O2S2. The lowest BCUT2D eigenvalue weighted by molar-refractivity contribution is 0.288. The van der Waals surface area contributed by atoms with Crippen LogP contribution in [0, 0.1) is 0 Å². The number of ether oxygens (including phenoxy) is 1. The van der Waals surface area contributed by atoms with Gasteiger partial charge in [-0.05, 0) is 31.2 Å². The second kappa shape index (κ2) is 8.34. The SMILES string of the molecule is CCn1c(COc2ccc(Cl)cc2)nnc1SCc1cc(=O)n2ccsc2n1. The summed E-state index contributed by atoms with van der Waals surface area (Å²) in [5.74, 6) is 2.00. The summed E-state index contributed by atoms with van der Waals surface area (Å²) in [5, 5.41) is 11.8. The number of thioether (sulfide) groups is 1. The van der Waals surface area contributed by atoms with Crippen LogP contribution in [0.3, 0.4) is 0 Å². The smallest absolute Gasteiger partial charge is 0.258 e. The van der Waals surface area contributed by atoms with Gasteiger partial charge >= 0.3 is 0 Å². The second-order valence-electron chi connectivity index (χ2n) is 5.82. The molecule has 0 N–H and O–H groups in total. The van der Waals surface area contributed by atoms with Gasteiger partial charge in [0.2, 0.25) is 0 Å². The first-order valence-electron chi connectivity index (χ1n) is 8.53. The molecule has 3 heterocycles. The molecule has 0 aliphatic heterocycles. The highest BCUT2D eigenvalue weighted by atomic mass is 35.5. The summed E-state index contributed by atoms with van der Waals surface area (Å²) in [5.41, 5.74) is 0.651. The number of aromatic nitrogens is 5. The molecule has 1 aromatic carbocycles. The molecule has 0 saturated carbocycles. The molecule has 4 rings (SSSR count). The summed E-state index contributed by atoms with van der Waals surface area (Å²) in [6, 6.07) is 8.75. The Morgan fingerprint density at radius 3 is 2.86 bits per heavy atom. The van der Waals surface area contributed by atoms with Gasteiger partial charge in [0.25, 0.3) is 5.56 Å². The fourth-order valence-electron chi connectivity index (χ4n) is 2.63. The van der Waals surface area contributed by atoms with Crippen LogP contribution in [-0.2, 0) is 18.9 Å². The van der Waals surface area contributed by atoms with Crippen LogP contribution in [0.4, 0.5) is 0 Å². The number of thiazole rings is 1. The summed E-state index contributed by atoms with van der Waals surface area (Å²) in [6.45, 7) is 3.06. The van der Waals surface area contributed by atoms with E-state index in [0.29, 0.717) is 28.9 Å². The van der Waals surface area contributed by atoms with Crippen LogP contribution < -0.4 is 10.3 Å². The summed E-state index contributed by atoms with van der Waals surface area (Å²) in [6.07, 6.45) is 1.73. The zero-order valence-electron chi connectivity index (χ0n) is 14.9. The van der Waals surface area contributed by atoms with Crippen molar-refractivity contribution in [2.45, 2.75) is 31.0 Å². The van der Waals surface area contributed by atoms with E-state index in [1.165, 1.54) is 23.1 Å². The van der Waals surface area contributed by atoms with Crippen molar-refractivity contribution in [3.05, 3.63) is 68.8 Å². The number of nitrogens with zero attached hydrogens (tertiary/aromatic N) is 5. The maximum Gasteiger partial charge on any atom is 0.258 e. The quantitative estimate of drug-likeness (QED) is 0.411. The van der Waals surface area contributed by atoms with Crippen LogP contribution >= 0.6 is 34.7 Å². The molecule has 0 aliphatic carbocycles. The first kappa shape index (κ1) is 19.0. The van der Waals surface area contributed by atoms with Crippen molar-refractivity contribution in [3.8, 4) is 5.75 Å². The van der Waals surface area contributed by atoms with E-state index in [1.54, 1.807) is 28.8 Å². The predicted octanol–water partition coefficient (Wildman–Crippen LogP) is 3.89. The van der Waals surface area contributed by atoms with Crippen molar-refractivity contribution in [2.75, 3.05) is 0 Å². The molecule has 10 heteroatoms. The van der Waals surface area contributed by atoms with Crippen molar-refractivity contribution in [3.63, 3.8) is 0 Å². The lowest BCUT2D eigenvalue weighted by Gasteiger charge is -2.09. The van der Waals surface area contributed by atoms with Crippen molar-refractivity contribution in [1.29, 1.82) is 0 Å². The normalized spacial score (nSPS) is 11.2. The Bertz CT molecular complexity index is 1150. The highest BCUT2D eigenvalue weighted by Crippen LogP contribution is 2.22. The third-order valence-corrected chi connectivity index (χ3v) is 6.01. The molecule has 0 atom stereocenters. The van der Waals surface area contributed by atoms with Crippen molar-refractivity contribution in [1.82, 2.24) is 24.1 Å². The van der Waals surface area contributed by atoms with Gasteiger partial charge in [-0.3, -0.25) is 9.20 Å². The van der Waals surface area contributed by atoms with Gasteiger partial charge in [-0.25, -0.2) is 4.98 Å². The number of fused-ring (bicyclic) bond motifs is 1. The van der Waals surface area contributed by atoms with Crippen molar-refractivity contribution >= 4 is 39.7 Å². The summed E-state index contributed by atoms with van der Waals surface area (Å²) in [7, 11) is 0. The van der Waals surface area contributed by atoms with E-state index < -0.39 is 0 Å². The van der Waals surface area contributed by atoms with Crippen LogP contribution in [0.1, 0.15) is 18.4 Å². The van der Waals surface area contributed by atoms with Gasteiger partial charge in [-0.1, -0.05) is 23.4 Å². The summed E-state index contributed by atoms with van der Waals surface area (Å²) >= 11 is 8.83. The van der Waals surface area contributed by atoms with Crippen LogP contribution in [0.5, 0.6) is 5.75 Å². The van der Waals surface area contributed by atoms with Crippen molar-refractivity contribution < 1.29 is 4.74 Å². The van der Waals surface area contributed by atoms with E-state index in [0.717, 1.165) is 22.4 Å². The Morgan fingerprint density at radius 1 is 1.25 bits per heavy atom. The second-order valence-corrected chi connectivity index (χ2v) is 8.07. The molecule has 0 bridgehead atoms. The maximum absolute atomic E-state index is 12.1. The van der Waals surface area contributed by atoms with E-state index in [4.69, 9.17) is 16.3 Å². The average molecular weight is 434 g/mol. The number of hydrogen-bond acceptors (Lipinski definition) is 7. The molecule has 0 amide bonds. The Kier molecular flexibility index (Phi) is 5.65. The van der Waals surface area contributed by atoms with Gasteiger partial charge < -0.3 is 9.30 Å². The summed E-state index contributed by atoms with van der Waals surface area (Å²) in [4.78, 5) is 17.3. The van der Waals surface area contributed by atoms with E-state index in [9.17, 15) is 4.79 Å². The number of hydrogen-bond donors (Lipinski definition) is 0. The Hall–Kier alpha value is -2.36. The number of rotatable bonds is 7. The predicted molar refractivity (Wildman–Crippen MR) is 110 cm³/mol. The van der Waals surface area contributed by atoms with E-state index in [-0.39, 0.29) is 5.56 Å². The molecule has 144 valence electrons. The first-order chi connectivity index (χ1) is 13.6. The van der Waals surface area contributed by atoms with Crippen LogP contribution in [0.25, 0.3) is 4.96 Å². The van der Waals surface area contributed by atoms with Gasteiger partial charge in [-0.2, -0.15) is 0 Å². The van der Waals surface area contributed by atoms with E-state index in [1.807, 2.05) is 29.0 Å². The van der Waals surface area contributed by atoms with Crippen molar-refractivity contribution in [2.24, 2.45) is 0 Å². The molecule has 3 aromatic heterocycles. The first-order valence-corrected chi connectivity index (χ1v) is 10.8. The van der Waals surface area contributed by atoms with Gasteiger partial charge in [0.1, 0.15) is 12.4 Å². The highest BCUT2D eigenvalue weighted by molar-refractivity contribution is 7.98. The fraction of sp³-hybridized carbons (Fsp3) is 0.222. The molecule has 0 fully saturated rings. The highest BCUT2D eigenvalue weighted by Gasteiger charge is 2.13. The molecule has 4 aromatic rings. The lowest BCUT2D eigenvalue weighted by atomic mass is 10.3. The van der Waals surface area contributed by atoms with Gasteiger partial charge in [0.05, 0.1) is 5.69 Å². The zero-order valence-corrected chi connectivity index (χ0v) is 17.3. The molecule has 28 heavy (non-hydrogen) atoms. The Morgan fingerprint density at radius 2 is 2.07 bits per heavy atom. The van der Waals surface area contributed by atoms with Gasteiger partial charge in [-0.15, -0.1) is 21.5 Å². The van der Waals surface area contributed by atoms with Gasteiger partial charge in [0.15, 0.2) is 15.9 Å². The standard InChI is InChI=1S/C18H16ClN5O2S2/c1-2-23-15(10-26-14-5-3-12(19)4-6-14)21-22-18(23)28-11-13-9-16(25)24-7-8-27-17(24)20-13/h3-9H,2,10-11H2,1H3. The molecule has 0 saturated heterocycles. The minimum Gasteiger partial charge on any atom is -0.486 e. The largest absolute Gasteiger partial charge is 0.486 e. The molecule has 0 unspecified atom stereocenters. The lowest BCUT2D eigenvalue weighted by Crippen LogP contribution is -2.12. The number of halogens is 1. The molecule has 7 nitrogen and oxygen atoms in total. The molecule has 0 spiro atoms. The summed E-state index contributed by atoms with van der Waals surface area (Å²) < 4.78 is 9.31. The van der Waals surface area contributed by atoms with Gasteiger partial charge in [0, 0.05) is 35.0 Å². The number of benzene rings is 1. The monoisotopic (exact) mass is 433 g/mol.